The van der Waals surface area contributed by atoms with Crippen LogP contribution in [0.15, 0.2) is 83.3 Å². The Kier molecular flexibility index (Phi) is 7.21. The van der Waals surface area contributed by atoms with E-state index in [4.69, 9.17) is 11.6 Å². The number of rotatable bonds is 5. The van der Waals surface area contributed by atoms with Crippen molar-refractivity contribution in [2.24, 2.45) is 0 Å². The minimum atomic E-state index is -4.59. The summed E-state index contributed by atoms with van der Waals surface area (Å²) in [6.45, 7) is 0. The van der Waals surface area contributed by atoms with E-state index in [1.807, 2.05) is 0 Å². The lowest BCUT2D eigenvalue weighted by Crippen LogP contribution is -2.35. The standard InChI is InChI=1S/C27H21BrClF3N4O2/c28-22-23(26(38)34-19-12-11-17(29)13-18(19)24(37)16-9-5-2-6-10-16)35-36-21(27(30,31)32)14-20(33-25(22)36)15-7-3-1-4-8-15/h1-13,20-21,24,33,37H,14H2,(H,34,38)/t20-,21+,24+/m0/s1. The van der Waals surface area contributed by atoms with Crippen molar-refractivity contribution in [3.8, 4) is 0 Å². The number of nitrogens with one attached hydrogen (secondary N) is 2. The highest BCUT2D eigenvalue weighted by Crippen LogP contribution is 2.46. The fraction of sp³-hybridized carbons (Fsp3) is 0.185. The Morgan fingerprint density at radius 3 is 2.42 bits per heavy atom. The van der Waals surface area contributed by atoms with Gasteiger partial charge in [0.1, 0.15) is 11.9 Å². The largest absolute Gasteiger partial charge is 0.410 e. The fourth-order valence-electron chi connectivity index (χ4n) is 4.51. The molecule has 3 atom stereocenters. The van der Waals surface area contributed by atoms with Gasteiger partial charge in [-0.3, -0.25) is 4.79 Å². The summed E-state index contributed by atoms with van der Waals surface area (Å²) in [5, 5.41) is 21.1. The van der Waals surface area contributed by atoms with Crippen LogP contribution in [0.1, 0.15) is 51.8 Å². The van der Waals surface area contributed by atoms with Gasteiger partial charge in [-0.2, -0.15) is 18.3 Å². The molecule has 196 valence electrons. The number of benzene rings is 3. The Labute approximate surface area is 229 Å². The van der Waals surface area contributed by atoms with E-state index in [2.05, 4.69) is 31.7 Å². The predicted octanol–water partition coefficient (Wildman–Crippen LogP) is 7.29. The molecule has 6 nitrogen and oxygen atoms in total. The Hall–Kier alpha value is -3.34. The fourth-order valence-corrected chi connectivity index (χ4v) is 5.24. The number of alkyl halides is 3. The van der Waals surface area contributed by atoms with E-state index in [0.29, 0.717) is 21.7 Å². The highest BCUT2D eigenvalue weighted by Gasteiger charge is 2.47. The maximum absolute atomic E-state index is 14.1. The van der Waals surface area contributed by atoms with Crippen LogP contribution >= 0.6 is 27.5 Å². The average molecular weight is 606 g/mol. The van der Waals surface area contributed by atoms with Crippen molar-refractivity contribution >= 4 is 44.9 Å². The van der Waals surface area contributed by atoms with Crippen LogP contribution in [0.2, 0.25) is 5.02 Å². The summed E-state index contributed by atoms with van der Waals surface area (Å²) in [5.41, 5.74) is 1.61. The van der Waals surface area contributed by atoms with Crippen molar-refractivity contribution < 1.29 is 23.1 Å². The van der Waals surface area contributed by atoms with Gasteiger partial charge in [-0.1, -0.05) is 72.3 Å². The number of hydrogen-bond acceptors (Lipinski definition) is 4. The molecule has 0 saturated carbocycles. The van der Waals surface area contributed by atoms with Crippen LogP contribution in [-0.2, 0) is 0 Å². The first-order valence-electron chi connectivity index (χ1n) is 11.6. The van der Waals surface area contributed by atoms with E-state index in [0.717, 1.165) is 4.68 Å². The molecule has 0 fully saturated rings. The zero-order valence-corrected chi connectivity index (χ0v) is 21.9. The zero-order valence-electron chi connectivity index (χ0n) is 19.6. The molecule has 0 bridgehead atoms. The molecular formula is C27H21BrClF3N4O2. The lowest BCUT2D eigenvalue weighted by molar-refractivity contribution is -0.173. The maximum Gasteiger partial charge on any atom is 0.410 e. The summed E-state index contributed by atoms with van der Waals surface area (Å²) in [7, 11) is 0. The molecular weight excluding hydrogens is 585 g/mol. The molecule has 38 heavy (non-hydrogen) atoms. The van der Waals surface area contributed by atoms with Gasteiger partial charge >= 0.3 is 6.18 Å². The van der Waals surface area contributed by atoms with Crippen LogP contribution in [0, 0.1) is 0 Å². The molecule has 0 unspecified atom stereocenters. The minimum absolute atomic E-state index is 0.0539. The number of carbonyl (C=O) groups excluding carboxylic acids is 1. The lowest BCUT2D eigenvalue weighted by Gasteiger charge is -2.33. The number of amides is 1. The minimum Gasteiger partial charge on any atom is -0.384 e. The van der Waals surface area contributed by atoms with Crippen molar-refractivity contribution in [1.29, 1.82) is 0 Å². The molecule has 0 saturated heterocycles. The average Bonchev–Trinajstić information content (AvgIpc) is 3.25. The highest BCUT2D eigenvalue weighted by molar-refractivity contribution is 9.10. The van der Waals surface area contributed by atoms with Crippen LogP contribution < -0.4 is 10.6 Å². The summed E-state index contributed by atoms with van der Waals surface area (Å²) < 4.78 is 43.2. The Bertz CT molecular complexity index is 1460. The molecule has 1 aliphatic rings. The molecule has 4 aromatic rings. The maximum atomic E-state index is 14.1. The molecule has 3 N–H and O–H groups in total. The molecule has 1 aliphatic heterocycles. The first-order valence-corrected chi connectivity index (χ1v) is 12.8. The Morgan fingerprint density at radius 2 is 1.76 bits per heavy atom. The molecule has 0 aliphatic carbocycles. The van der Waals surface area contributed by atoms with Gasteiger partial charge in [0.15, 0.2) is 11.7 Å². The SMILES string of the molecule is O=C(Nc1ccc(Cl)cc1[C@H](O)c1ccccc1)c1nn2c(c1Br)N[C@H](c1ccccc1)C[C@@H]2C(F)(F)F. The molecule has 1 amide bonds. The molecule has 0 radical (unpaired) electrons. The first-order chi connectivity index (χ1) is 18.1. The van der Waals surface area contributed by atoms with Crippen molar-refractivity contribution in [3.05, 3.63) is 111 Å². The van der Waals surface area contributed by atoms with Gasteiger partial charge in [-0.15, -0.1) is 0 Å². The van der Waals surface area contributed by atoms with E-state index in [-0.39, 0.29) is 28.1 Å². The second kappa shape index (κ2) is 10.4. The smallest absolute Gasteiger partial charge is 0.384 e. The molecule has 0 spiro atoms. The van der Waals surface area contributed by atoms with Gasteiger partial charge in [-0.25, -0.2) is 4.68 Å². The van der Waals surface area contributed by atoms with Crippen LogP contribution in [0.5, 0.6) is 0 Å². The van der Waals surface area contributed by atoms with Crippen molar-refractivity contribution in [1.82, 2.24) is 9.78 Å². The Morgan fingerprint density at radius 1 is 1.11 bits per heavy atom. The Balaban J connectivity index is 1.49. The number of aliphatic hydroxyl groups is 1. The van der Waals surface area contributed by atoms with E-state index in [1.165, 1.54) is 18.2 Å². The third-order valence-electron chi connectivity index (χ3n) is 6.38. The van der Waals surface area contributed by atoms with Crippen molar-refractivity contribution in [3.63, 3.8) is 0 Å². The third kappa shape index (κ3) is 5.16. The van der Waals surface area contributed by atoms with Gasteiger partial charge in [0.2, 0.25) is 0 Å². The van der Waals surface area contributed by atoms with E-state index >= 15 is 0 Å². The van der Waals surface area contributed by atoms with Crippen LogP contribution in [0.4, 0.5) is 24.7 Å². The van der Waals surface area contributed by atoms with Crippen molar-refractivity contribution in [2.45, 2.75) is 30.8 Å². The predicted molar refractivity (Wildman–Crippen MR) is 142 cm³/mol. The molecule has 3 aromatic carbocycles. The molecule has 1 aromatic heterocycles. The van der Waals surface area contributed by atoms with Gasteiger partial charge in [0, 0.05) is 22.7 Å². The van der Waals surface area contributed by atoms with Crippen LogP contribution in [0.25, 0.3) is 0 Å². The van der Waals surface area contributed by atoms with E-state index < -0.39 is 30.3 Å². The number of aliphatic hydroxyl groups excluding tert-OH is 1. The van der Waals surface area contributed by atoms with Gasteiger partial charge in [0.05, 0.1) is 10.5 Å². The number of hydrogen-bond donors (Lipinski definition) is 3. The normalized spacial score (nSPS) is 17.8. The number of fused-ring (bicyclic) bond motifs is 1. The number of anilines is 2. The third-order valence-corrected chi connectivity index (χ3v) is 7.37. The van der Waals surface area contributed by atoms with E-state index in [9.17, 15) is 23.1 Å². The van der Waals surface area contributed by atoms with Crippen molar-refractivity contribution in [2.75, 3.05) is 10.6 Å². The number of aromatic nitrogens is 2. The summed E-state index contributed by atoms with van der Waals surface area (Å²) in [5.74, 6) is -0.695. The summed E-state index contributed by atoms with van der Waals surface area (Å²) in [6, 6.07) is 19.6. The summed E-state index contributed by atoms with van der Waals surface area (Å²) in [6.07, 6.45) is -5.99. The number of nitrogens with zero attached hydrogens (tertiary/aromatic N) is 2. The summed E-state index contributed by atoms with van der Waals surface area (Å²) in [4.78, 5) is 13.3. The number of carbonyl (C=O) groups is 1. The molecule has 5 rings (SSSR count). The van der Waals surface area contributed by atoms with Crippen LogP contribution in [-0.4, -0.2) is 27.0 Å². The summed E-state index contributed by atoms with van der Waals surface area (Å²) >= 11 is 9.45. The number of halogens is 5. The van der Waals surface area contributed by atoms with Gasteiger partial charge in [-0.05, 0) is 45.3 Å². The first kappa shape index (κ1) is 26.3. The quantitative estimate of drug-likeness (QED) is 0.223. The second-order valence-electron chi connectivity index (χ2n) is 8.86. The van der Waals surface area contributed by atoms with Crippen LogP contribution in [0.3, 0.4) is 0 Å². The lowest BCUT2D eigenvalue weighted by atomic mass is 9.97. The van der Waals surface area contributed by atoms with E-state index in [1.54, 1.807) is 60.7 Å². The molecule has 11 heteroatoms. The second-order valence-corrected chi connectivity index (χ2v) is 10.1. The van der Waals surface area contributed by atoms with Gasteiger partial charge < -0.3 is 15.7 Å². The topological polar surface area (TPSA) is 79.2 Å². The zero-order chi connectivity index (χ0) is 27.0. The molecule has 2 heterocycles. The van der Waals surface area contributed by atoms with Gasteiger partial charge in [0.25, 0.3) is 5.91 Å². The highest BCUT2D eigenvalue weighted by atomic mass is 79.9. The monoisotopic (exact) mass is 604 g/mol.